The van der Waals surface area contributed by atoms with Crippen molar-refractivity contribution in [2.24, 2.45) is 0 Å². The minimum Gasteiger partial charge on any atom is -0.457 e. The van der Waals surface area contributed by atoms with Crippen molar-refractivity contribution >= 4 is 28.7 Å². The second-order valence-corrected chi connectivity index (χ2v) is 8.72. The topological polar surface area (TPSA) is 107 Å². The van der Waals surface area contributed by atoms with E-state index in [0.717, 1.165) is 36.8 Å². The quantitative estimate of drug-likeness (QED) is 0.222. The second kappa shape index (κ2) is 13.3. The lowest BCUT2D eigenvalue weighted by Crippen LogP contribution is -2.26. The van der Waals surface area contributed by atoms with Crippen LogP contribution >= 0.6 is 0 Å². The first-order chi connectivity index (χ1) is 17.4. The van der Waals surface area contributed by atoms with Crippen LogP contribution in [0.1, 0.15) is 61.1 Å². The number of nitrogens with zero attached hydrogens (tertiary/aromatic N) is 2. The summed E-state index contributed by atoms with van der Waals surface area (Å²) in [5.74, 6) is -0.894. The van der Waals surface area contributed by atoms with Crippen LogP contribution in [0.3, 0.4) is 0 Å². The molecule has 0 aliphatic carbocycles. The number of benzene rings is 2. The fourth-order valence-corrected chi connectivity index (χ4v) is 3.88. The largest absolute Gasteiger partial charge is 0.457 e. The zero-order chi connectivity index (χ0) is 25.9. The number of aryl methyl sites for hydroxylation is 3. The predicted octanol–water partition coefficient (Wildman–Crippen LogP) is 3.62. The number of aromatic nitrogens is 2. The Kier molecular flexibility index (Phi) is 9.92. The van der Waals surface area contributed by atoms with Gasteiger partial charge in [0.05, 0.1) is 17.5 Å². The highest BCUT2D eigenvalue weighted by molar-refractivity contribution is 5.98. The highest BCUT2D eigenvalue weighted by Gasteiger charge is 2.14. The molecule has 0 saturated carbocycles. The molecule has 1 heterocycles. The first-order valence-corrected chi connectivity index (χ1v) is 12.4. The maximum atomic E-state index is 13.0. The number of hydrogen-bond acceptors (Lipinski definition) is 6. The van der Waals surface area contributed by atoms with Gasteiger partial charge in [0.2, 0.25) is 5.91 Å². The predicted molar refractivity (Wildman–Crippen MR) is 138 cm³/mol. The Morgan fingerprint density at radius 1 is 1.00 bits per heavy atom. The average molecular weight is 492 g/mol. The van der Waals surface area contributed by atoms with Crippen LogP contribution in [0, 0.1) is 0 Å². The third-order valence-electron chi connectivity index (χ3n) is 5.88. The van der Waals surface area contributed by atoms with Crippen LogP contribution in [0.15, 0.2) is 53.3 Å². The molecule has 0 saturated heterocycles. The smallest absolute Gasteiger partial charge is 0.306 e. The van der Waals surface area contributed by atoms with E-state index >= 15 is 0 Å². The first-order valence-electron chi connectivity index (χ1n) is 12.4. The molecule has 36 heavy (non-hydrogen) atoms. The van der Waals surface area contributed by atoms with Gasteiger partial charge in [-0.05, 0) is 37.0 Å². The van der Waals surface area contributed by atoms with Gasteiger partial charge in [0.25, 0.3) is 5.56 Å². The molecule has 0 aliphatic rings. The average Bonchev–Trinajstić information content (AvgIpc) is 2.88. The van der Waals surface area contributed by atoms with Gasteiger partial charge in [0, 0.05) is 32.0 Å². The molecule has 3 aromatic rings. The van der Waals surface area contributed by atoms with Crippen LogP contribution in [-0.2, 0) is 33.7 Å². The van der Waals surface area contributed by atoms with Crippen molar-refractivity contribution < 1.29 is 19.1 Å². The van der Waals surface area contributed by atoms with E-state index in [4.69, 9.17) is 4.74 Å². The molecule has 0 atom stereocenters. The lowest BCUT2D eigenvalue weighted by molar-refractivity contribution is -0.142. The standard InChI is InChI=1S/C28H33N3O5/c1-3-4-18-31-25-10-6-5-9-23(25)30-24(28(31)35)15-16-27(34)36-19-26(33)22-13-11-21(12-14-22)8-7-17-29-20(2)32/h5-6,9-14H,3-4,7-8,15-19H2,1-2H3,(H,29,32). The van der Waals surface area contributed by atoms with E-state index in [-0.39, 0.29) is 36.7 Å². The Hall–Kier alpha value is -3.81. The molecule has 190 valence electrons. The van der Waals surface area contributed by atoms with Crippen LogP contribution in [-0.4, -0.2) is 40.4 Å². The Bertz CT molecular complexity index is 1260. The molecular formula is C28H33N3O5. The summed E-state index contributed by atoms with van der Waals surface area (Å²) < 4.78 is 6.89. The van der Waals surface area contributed by atoms with Gasteiger partial charge >= 0.3 is 5.97 Å². The number of ketones is 1. The minimum atomic E-state index is -0.549. The molecule has 0 unspecified atom stereocenters. The Balaban J connectivity index is 1.52. The summed E-state index contributed by atoms with van der Waals surface area (Å²) in [5.41, 5.74) is 3.15. The number of carbonyl (C=O) groups is 3. The van der Waals surface area contributed by atoms with Crippen LogP contribution in [0.5, 0.6) is 0 Å². The van der Waals surface area contributed by atoms with Crippen molar-refractivity contribution in [3.05, 3.63) is 75.7 Å². The fraction of sp³-hybridized carbons (Fsp3) is 0.393. The summed E-state index contributed by atoms with van der Waals surface area (Å²) in [7, 11) is 0. The van der Waals surface area contributed by atoms with Crippen LogP contribution in [0.2, 0.25) is 0 Å². The number of unbranched alkanes of at least 4 members (excludes halogenated alkanes) is 1. The molecule has 1 amide bonds. The van der Waals surface area contributed by atoms with E-state index in [9.17, 15) is 19.2 Å². The number of Topliss-reactive ketones (excluding diaryl/α,β-unsaturated/α-hetero) is 1. The molecule has 0 radical (unpaired) electrons. The first kappa shape index (κ1) is 26.8. The monoisotopic (exact) mass is 491 g/mol. The number of esters is 1. The van der Waals surface area contributed by atoms with Crippen molar-refractivity contribution in [3.63, 3.8) is 0 Å². The number of para-hydroxylation sites is 2. The van der Waals surface area contributed by atoms with Gasteiger partial charge < -0.3 is 14.6 Å². The Morgan fingerprint density at radius 3 is 2.47 bits per heavy atom. The normalized spacial score (nSPS) is 10.8. The fourth-order valence-electron chi connectivity index (χ4n) is 3.88. The maximum Gasteiger partial charge on any atom is 0.306 e. The number of amides is 1. The number of nitrogens with one attached hydrogen (secondary N) is 1. The van der Waals surface area contributed by atoms with Gasteiger partial charge in [0.15, 0.2) is 12.4 Å². The molecule has 0 spiro atoms. The van der Waals surface area contributed by atoms with Gasteiger partial charge in [-0.15, -0.1) is 0 Å². The van der Waals surface area contributed by atoms with Crippen LogP contribution in [0.25, 0.3) is 11.0 Å². The van der Waals surface area contributed by atoms with Gasteiger partial charge in [0.1, 0.15) is 5.69 Å². The Labute approximate surface area is 210 Å². The zero-order valence-electron chi connectivity index (χ0n) is 20.9. The van der Waals surface area contributed by atoms with E-state index in [0.29, 0.717) is 29.9 Å². The second-order valence-electron chi connectivity index (χ2n) is 8.72. The van der Waals surface area contributed by atoms with Gasteiger partial charge in [-0.25, -0.2) is 4.98 Å². The minimum absolute atomic E-state index is 0.0329. The molecule has 8 nitrogen and oxygen atoms in total. The maximum absolute atomic E-state index is 13.0. The van der Waals surface area contributed by atoms with Crippen molar-refractivity contribution in [2.75, 3.05) is 13.2 Å². The highest BCUT2D eigenvalue weighted by atomic mass is 16.5. The zero-order valence-corrected chi connectivity index (χ0v) is 20.9. The van der Waals surface area contributed by atoms with E-state index in [1.165, 1.54) is 6.92 Å². The SMILES string of the molecule is CCCCn1c(=O)c(CCC(=O)OCC(=O)c2ccc(CCCNC(C)=O)cc2)nc2ccccc21. The van der Waals surface area contributed by atoms with E-state index in [2.05, 4.69) is 17.2 Å². The summed E-state index contributed by atoms with van der Waals surface area (Å²) in [5, 5.41) is 2.75. The highest BCUT2D eigenvalue weighted by Crippen LogP contribution is 2.12. The summed E-state index contributed by atoms with van der Waals surface area (Å²) in [6, 6.07) is 14.6. The molecule has 1 aromatic heterocycles. The number of fused-ring (bicyclic) bond motifs is 1. The van der Waals surface area contributed by atoms with Crippen LogP contribution < -0.4 is 10.9 Å². The summed E-state index contributed by atoms with van der Waals surface area (Å²) in [4.78, 5) is 53.1. The summed E-state index contributed by atoms with van der Waals surface area (Å²) in [6.45, 7) is 4.40. The van der Waals surface area contributed by atoms with Gasteiger partial charge in [-0.3, -0.25) is 19.2 Å². The summed E-state index contributed by atoms with van der Waals surface area (Å²) >= 11 is 0. The van der Waals surface area contributed by atoms with E-state index in [1.807, 2.05) is 36.4 Å². The van der Waals surface area contributed by atoms with Gasteiger partial charge in [-0.2, -0.15) is 0 Å². The number of ether oxygens (including phenoxy) is 1. The molecule has 0 bridgehead atoms. The summed E-state index contributed by atoms with van der Waals surface area (Å²) in [6.07, 6.45) is 3.54. The number of hydrogen-bond donors (Lipinski definition) is 1. The van der Waals surface area contributed by atoms with Crippen molar-refractivity contribution in [1.82, 2.24) is 14.9 Å². The molecule has 0 fully saturated rings. The molecule has 1 N–H and O–H groups in total. The molecule has 3 rings (SSSR count). The lowest BCUT2D eigenvalue weighted by Gasteiger charge is -2.12. The number of rotatable bonds is 13. The third-order valence-corrected chi connectivity index (χ3v) is 5.88. The van der Waals surface area contributed by atoms with Gasteiger partial charge in [-0.1, -0.05) is 49.7 Å². The molecule has 8 heteroatoms. The van der Waals surface area contributed by atoms with Crippen LogP contribution in [0.4, 0.5) is 0 Å². The third kappa shape index (κ3) is 7.60. The van der Waals surface area contributed by atoms with Crippen molar-refractivity contribution in [1.29, 1.82) is 0 Å². The van der Waals surface area contributed by atoms with E-state index in [1.54, 1.807) is 16.7 Å². The van der Waals surface area contributed by atoms with Crippen molar-refractivity contribution in [2.45, 2.75) is 58.9 Å². The molecule has 2 aromatic carbocycles. The number of carbonyl (C=O) groups excluding carboxylic acids is 3. The van der Waals surface area contributed by atoms with E-state index < -0.39 is 5.97 Å². The lowest BCUT2D eigenvalue weighted by atomic mass is 10.1. The Morgan fingerprint density at radius 2 is 1.75 bits per heavy atom. The molecule has 0 aliphatic heterocycles. The van der Waals surface area contributed by atoms with Crippen molar-refractivity contribution in [3.8, 4) is 0 Å². The molecular weight excluding hydrogens is 458 g/mol.